The topological polar surface area (TPSA) is 0 Å². The molecule has 0 bridgehead atoms. The van der Waals surface area contributed by atoms with E-state index in [1.807, 2.05) is 0 Å². The Morgan fingerprint density at radius 3 is 1.64 bits per heavy atom. The second-order valence-electron chi connectivity index (χ2n) is 9.67. The number of benzene rings is 5. The zero-order chi connectivity index (χ0) is 23.2. The van der Waals surface area contributed by atoms with Gasteiger partial charge in [0.1, 0.15) is 0 Å². The first-order chi connectivity index (χ1) is 16.6. The van der Waals surface area contributed by atoms with E-state index in [2.05, 4.69) is 123 Å². The zero-order valence-electron chi connectivity index (χ0n) is 20.4. The molecule has 0 N–H and O–H groups in total. The van der Waals surface area contributed by atoms with Gasteiger partial charge in [-0.3, -0.25) is 0 Å². The fraction of sp³-hybridized carbons (Fsp3) is 0.152. The van der Waals surface area contributed by atoms with Crippen LogP contribution in [0.2, 0.25) is 0 Å². The summed E-state index contributed by atoms with van der Waals surface area (Å²) in [5.74, 6) is 1.23. The van der Waals surface area contributed by atoms with E-state index in [9.17, 15) is 0 Å². The van der Waals surface area contributed by atoms with Crippen molar-refractivity contribution in [2.45, 2.75) is 23.4 Å². The molecule has 1 atom stereocenters. The number of hydrogen-bond acceptors (Lipinski definition) is 0. The van der Waals surface area contributed by atoms with Crippen LogP contribution in [0.5, 0.6) is 0 Å². The van der Waals surface area contributed by atoms with Crippen molar-refractivity contribution >= 4 is 10.8 Å². The first-order valence-electron chi connectivity index (χ1n) is 12.2. The molecular formula is C33H27Cl2Zr. The molecule has 0 amide bonds. The van der Waals surface area contributed by atoms with E-state index in [0.717, 1.165) is 0 Å². The maximum absolute atomic E-state index is 2.32. The maximum atomic E-state index is 2.32. The molecule has 0 spiro atoms. The van der Waals surface area contributed by atoms with Gasteiger partial charge < -0.3 is 24.8 Å². The van der Waals surface area contributed by atoms with Gasteiger partial charge in [0.2, 0.25) is 0 Å². The van der Waals surface area contributed by atoms with E-state index in [1.54, 1.807) is 24.7 Å². The minimum atomic E-state index is 0. The van der Waals surface area contributed by atoms with Crippen LogP contribution in [0.15, 0.2) is 109 Å². The van der Waals surface area contributed by atoms with Gasteiger partial charge in [-0.1, -0.05) is 62.4 Å². The van der Waals surface area contributed by atoms with Crippen LogP contribution in [0.4, 0.5) is 0 Å². The van der Waals surface area contributed by atoms with Crippen molar-refractivity contribution in [1.82, 2.24) is 0 Å². The Morgan fingerprint density at radius 2 is 1.03 bits per heavy atom. The van der Waals surface area contributed by atoms with Crippen molar-refractivity contribution in [1.29, 1.82) is 0 Å². The average Bonchev–Trinajstić information content (AvgIpc) is 3.37. The van der Waals surface area contributed by atoms with Crippen LogP contribution in [0, 0.1) is 5.92 Å². The monoisotopic (exact) mass is 583 g/mol. The third-order valence-electron chi connectivity index (χ3n) is 7.36. The van der Waals surface area contributed by atoms with Gasteiger partial charge >= 0.3 is 122 Å². The van der Waals surface area contributed by atoms with Gasteiger partial charge in [-0.2, -0.15) is 0 Å². The summed E-state index contributed by atoms with van der Waals surface area (Å²) < 4.78 is 0.605. The van der Waals surface area contributed by atoms with Crippen LogP contribution in [0.1, 0.15) is 45.6 Å². The summed E-state index contributed by atoms with van der Waals surface area (Å²) in [5, 5.41) is 2.74. The third kappa shape index (κ3) is 4.41. The molecule has 0 nitrogen and oxygen atoms in total. The third-order valence-corrected chi connectivity index (χ3v) is 8.89. The summed E-state index contributed by atoms with van der Waals surface area (Å²) in [5.41, 5.74) is 11.8. The van der Waals surface area contributed by atoms with Crippen LogP contribution in [0.3, 0.4) is 0 Å². The van der Waals surface area contributed by atoms with Gasteiger partial charge in [0.05, 0.1) is 0 Å². The molecule has 5 aromatic rings. The van der Waals surface area contributed by atoms with E-state index in [0.29, 0.717) is 15.5 Å². The normalized spacial score (nSPS) is 14.5. The van der Waals surface area contributed by atoms with Crippen LogP contribution >= 0.6 is 0 Å². The van der Waals surface area contributed by atoms with Crippen molar-refractivity contribution in [3.8, 4) is 22.3 Å². The van der Waals surface area contributed by atoms with Gasteiger partial charge in [0, 0.05) is 5.92 Å². The molecule has 2 aliphatic carbocycles. The quantitative estimate of drug-likeness (QED) is 0.284. The number of rotatable bonds is 1. The van der Waals surface area contributed by atoms with Crippen LogP contribution in [0.25, 0.3) is 33.0 Å². The zero-order valence-corrected chi connectivity index (χ0v) is 24.4. The summed E-state index contributed by atoms with van der Waals surface area (Å²) in [6.45, 7) is 4.62. The number of halogens is 2. The van der Waals surface area contributed by atoms with Crippen molar-refractivity contribution in [3.05, 3.63) is 131 Å². The van der Waals surface area contributed by atoms with Crippen molar-refractivity contribution in [3.63, 3.8) is 0 Å². The van der Waals surface area contributed by atoms with Crippen molar-refractivity contribution in [2.24, 2.45) is 5.92 Å². The van der Waals surface area contributed by atoms with Crippen LogP contribution in [-0.2, 0) is 24.7 Å². The molecule has 177 valence electrons. The van der Waals surface area contributed by atoms with E-state index in [-0.39, 0.29) is 24.8 Å². The van der Waals surface area contributed by atoms with Gasteiger partial charge in [-0.25, -0.2) is 0 Å². The Balaban J connectivity index is 0.000000161. The predicted octanol–water partition coefficient (Wildman–Crippen LogP) is 2.92. The molecule has 1 unspecified atom stereocenters. The Labute approximate surface area is 241 Å². The van der Waals surface area contributed by atoms with Crippen LogP contribution < -0.4 is 24.8 Å². The molecular weight excluding hydrogens is 558 g/mol. The summed E-state index contributed by atoms with van der Waals surface area (Å²) >= 11 is 1.58. The fourth-order valence-corrected chi connectivity index (χ4v) is 7.10. The molecule has 36 heavy (non-hydrogen) atoms. The summed E-state index contributed by atoms with van der Waals surface area (Å²) in [4.78, 5) is 0. The number of fused-ring (bicyclic) bond motifs is 8. The first-order valence-corrected chi connectivity index (χ1v) is 13.6. The van der Waals surface area contributed by atoms with Gasteiger partial charge in [-0.15, -0.1) is 0 Å². The summed E-state index contributed by atoms with van der Waals surface area (Å²) in [6, 6.07) is 39.8. The van der Waals surface area contributed by atoms with Gasteiger partial charge in [-0.05, 0) is 28.2 Å². The van der Waals surface area contributed by atoms with E-state index >= 15 is 0 Å². The molecule has 5 aromatic carbocycles. The minimum absolute atomic E-state index is 0. The second-order valence-corrected chi connectivity index (χ2v) is 11.1. The van der Waals surface area contributed by atoms with Crippen molar-refractivity contribution in [2.75, 3.05) is 0 Å². The first kappa shape index (κ1) is 26.9. The Hall–Kier alpha value is -2.18. The molecule has 0 aliphatic heterocycles. The second kappa shape index (κ2) is 11.1. The fourth-order valence-electron chi connectivity index (χ4n) is 5.89. The SMILES string of the molecule is CC(C)C1c2ccccc2-c2ccccc21.[Cl-].[Cl-].[Zr+2][CH]1c2ccccc2-c2c1ccc1ccccc21. The van der Waals surface area contributed by atoms with E-state index in [4.69, 9.17) is 0 Å². The molecule has 7 rings (SSSR count). The molecule has 0 radical (unpaired) electrons. The van der Waals surface area contributed by atoms with Crippen molar-refractivity contribution < 1.29 is 49.5 Å². The Morgan fingerprint density at radius 1 is 0.528 bits per heavy atom. The Bertz CT molecular complexity index is 1480. The molecule has 0 aromatic heterocycles. The standard InChI is InChI=1S/C17H11.C16H16.2ClH.Zr/c1-3-7-15-12(5-1)9-10-14-11-13-6-2-4-8-16(13)17(14)15;1-11(2)16-14-9-5-3-7-12(14)13-8-4-6-10-15(13)16;;;/h1-11H;3-11,16H,1-2H3;2*1H;/q;;;;+2/p-2. The predicted molar refractivity (Wildman–Crippen MR) is 140 cm³/mol. The van der Waals surface area contributed by atoms with E-state index in [1.165, 1.54) is 55.3 Å². The molecule has 2 aliphatic rings. The van der Waals surface area contributed by atoms with Crippen LogP contribution in [-0.4, -0.2) is 0 Å². The van der Waals surface area contributed by atoms with E-state index < -0.39 is 0 Å². The summed E-state index contributed by atoms with van der Waals surface area (Å²) in [6.07, 6.45) is 0. The molecule has 0 fully saturated rings. The Kier molecular flexibility index (Phi) is 8.26. The average molecular weight is 586 g/mol. The molecule has 0 heterocycles. The van der Waals surface area contributed by atoms with Gasteiger partial charge in [0.25, 0.3) is 0 Å². The number of hydrogen-bond donors (Lipinski definition) is 0. The summed E-state index contributed by atoms with van der Waals surface area (Å²) in [7, 11) is 0. The molecule has 0 saturated heterocycles. The van der Waals surface area contributed by atoms with Gasteiger partial charge in [0.15, 0.2) is 0 Å². The molecule has 0 saturated carbocycles. The molecule has 3 heteroatoms.